The molecule has 0 saturated carbocycles. The molecule has 2 amide bonds. The molecule has 1 aromatic carbocycles. The molecule has 0 aliphatic carbocycles. The third kappa shape index (κ3) is 4.49. The Hall–Kier alpha value is -4.15. The van der Waals surface area contributed by atoms with Crippen LogP contribution in [0.5, 0.6) is 0 Å². The van der Waals surface area contributed by atoms with E-state index in [2.05, 4.69) is 20.9 Å². The topological polar surface area (TPSA) is 102 Å². The van der Waals surface area contributed by atoms with Crippen molar-refractivity contribution >= 4 is 23.0 Å². The van der Waals surface area contributed by atoms with Crippen LogP contribution < -0.4 is 10.6 Å². The Labute approximate surface area is 191 Å². The van der Waals surface area contributed by atoms with Gasteiger partial charge < -0.3 is 15.2 Å². The highest BCUT2D eigenvalue weighted by Gasteiger charge is 2.33. The van der Waals surface area contributed by atoms with E-state index in [0.717, 1.165) is 6.07 Å². The van der Waals surface area contributed by atoms with Crippen LogP contribution in [0.15, 0.2) is 59.4 Å². The average Bonchev–Trinajstić information content (AvgIpc) is 3.42. The summed E-state index contributed by atoms with van der Waals surface area (Å²) in [5.41, 5.74) is -1.08. The molecule has 0 spiro atoms. The Morgan fingerprint density at radius 3 is 2.56 bits per heavy atom. The van der Waals surface area contributed by atoms with Crippen LogP contribution in [0.2, 0.25) is 0 Å². The standard InChI is InChI=1S/C23H20F3N5O3/c1-13-7-8-14(10-16(13)23(24,25)26)28-21(33)17-11-19(34-30-17)22(2,3)29-20(32)15-12-27-31-9-5-4-6-18(15)31/h4-12H,1-3H3,(H,28,33)(H,29,32). The molecule has 3 heterocycles. The van der Waals surface area contributed by atoms with Gasteiger partial charge in [-0.05, 0) is 50.6 Å². The van der Waals surface area contributed by atoms with Crippen molar-refractivity contribution in [3.63, 3.8) is 0 Å². The van der Waals surface area contributed by atoms with E-state index in [9.17, 15) is 22.8 Å². The number of aromatic nitrogens is 3. The molecule has 0 saturated heterocycles. The zero-order chi connectivity index (χ0) is 24.7. The number of carbonyl (C=O) groups is 2. The van der Waals surface area contributed by atoms with Crippen LogP contribution in [-0.4, -0.2) is 26.6 Å². The Morgan fingerprint density at radius 2 is 1.82 bits per heavy atom. The number of alkyl halides is 3. The lowest BCUT2D eigenvalue weighted by molar-refractivity contribution is -0.138. The van der Waals surface area contributed by atoms with Crippen molar-refractivity contribution in [3.8, 4) is 0 Å². The molecule has 3 aromatic heterocycles. The van der Waals surface area contributed by atoms with Crippen LogP contribution in [0.4, 0.5) is 18.9 Å². The van der Waals surface area contributed by atoms with Crippen molar-refractivity contribution in [2.24, 2.45) is 0 Å². The molecule has 0 atom stereocenters. The quantitative estimate of drug-likeness (QED) is 0.444. The molecule has 0 bridgehead atoms. The molecule has 0 aliphatic rings. The Kier molecular flexibility index (Phi) is 5.64. The maximum Gasteiger partial charge on any atom is 0.416 e. The molecule has 176 valence electrons. The summed E-state index contributed by atoms with van der Waals surface area (Å²) in [6.45, 7) is 4.66. The Bertz CT molecular complexity index is 1390. The molecule has 11 heteroatoms. The summed E-state index contributed by atoms with van der Waals surface area (Å²) < 4.78 is 46.2. The second-order valence-corrected chi connectivity index (χ2v) is 8.23. The van der Waals surface area contributed by atoms with Gasteiger partial charge in [-0.3, -0.25) is 9.59 Å². The number of nitrogens with zero attached hydrogens (tertiary/aromatic N) is 3. The van der Waals surface area contributed by atoms with E-state index >= 15 is 0 Å². The van der Waals surface area contributed by atoms with E-state index in [4.69, 9.17) is 4.52 Å². The monoisotopic (exact) mass is 471 g/mol. The number of carbonyl (C=O) groups excluding carboxylic acids is 2. The molecule has 0 fully saturated rings. The molecular formula is C23H20F3N5O3. The highest BCUT2D eigenvalue weighted by molar-refractivity contribution is 6.03. The van der Waals surface area contributed by atoms with E-state index in [-0.39, 0.29) is 22.7 Å². The first kappa shape index (κ1) is 23.0. The van der Waals surface area contributed by atoms with Gasteiger partial charge in [-0.25, -0.2) is 4.52 Å². The molecular weight excluding hydrogens is 451 g/mol. The number of hydrogen-bond donors (Lipinski definition) is 2. The molecule has 8 nitrogen and oxygen atoms in total. The minimum absolute atomic E-state index is 0.0341. The van der Waals surface area contributed by atoms with Crippen molar-refractivity contribution in [3.05, 3.63) is 83.0 Å². The first-order valence-corrected chi connectivity index (χ1v) is 10.2. The summed E-state index contributed by atoms with van der Waals surface area (Å²) >= 11 is 0. The van der Waals surface area contributed by atoms with Crippen molar-refractivity contribution in [1.82, 2.24) is 20.1 Å². The lowest BCUT2D eigenvalue weighted by Crippen LogP contribution is -2.40. The van der Waals surface area contributed by atoms with Crippen LogP contribution in [0.3, 0.4) is 0 Å². The number of rotatable bonds is 5. The minimum atomic E-state index is -4.55. The molecule has 34 heavy (non-hydrogen) atoms. The van der Waals surface area contributed by atoms with Crippen LogP contribution in [0.1, 0.15) is 51.6 Å². The molecule has 4 rings (SSSR count). The summed E-state index contributed by atoms with van der Waals surface area (Å²) in [5, 5.41) is 13.0. The van der Waals surface area contributed by atoms with Gasteiger partial charge >= 0.3 is 6.18 Å². The molecule has 0 unspecified atom stereocenters. The van der Waals surface area contributed by atoms with E-state index in [1.54, 1.807) is 42.8 Å². The van der Waals surface area contributed by atoms with Gasteiger partial charge in [0.1, 0.15) is 0 Å². The van der Waals surface area contributed by atoms with Gasteiger partial charge in [-0.15, -0.1) is 0 Å². The largest absolute Gasteiger partial charge is 0.416 e. The number of halogens is 3. The van der Waals surface area contributed by atoms with E-state index in [1.807, 2.05) is 0 Å². The summed E-state index contributed by atoms with van der Waals surface area (Å²) in [6, 6.07) is 10.1. The molecule has 2 N–H and O–H groups in total. The van der Waals surface area contributed by atoms with Gasteiger partial charge in [0, 0.05) is 18.0 Å². The second kappa shape index (κ2) is 8.32. The van der Waals surface area contributed by atoms with E-state index in [1.165, 1.54) is 31.3 Å². The summed E-state index contributed by atoms with van der Waals surface area (Å²) in [7, 11) is 0. The number of fused-ring (bicyclic) bond motifs is 1. The van der Waals surface area contributed by atoms with Crippen LogP contribution >= 0.6 is 0 Å². The number of pyridine rings is 1. The second-order valence-electron chi connectivity index (χ2n) is 8.23. The maximum atomic E-state index is 13.1. The van der Waals surface area contributed by atoms with Crippen molar-refractivity contribution < 1.29 is 27.3 Å². The number of amides is 2. The SMILES string of the molecule is Cc1ccc(NC(=O)c2cc(C(C)(C)NC(=O)c3cnn4ccccc34)on2)cc1C(F)(F)F. The average molecular weight is 471 g/mol. The van der Waals surface area contributed by atoms with Gasteiger partial charge in [0.25, 0.3) is 11.8 Å². The lowest BCUT2D eigenvalue weighted by atomic mass is 10.0. The zero-order valence-corrected chi connectivity index (χ0v) is 18.4. The van der Waals surface area contributed by atoms with Gasteiger partial charge in [0.15, 0.2) is 11.5 Å². The Morgan fingerprint density at radius 1 is 1.06 bits per heavy atom. The molecule has 0 aliphatic heterocycles. The van der Waals surface area contributed by atoms with Crippen molar-refractivity contribution in [2.45, 2.75) is 32.5 Å². The fourth-order valence-corrected chi connectivity index (χ4v) is 3.40. The highest BCUT2D eigenvalue weighted by Crippen LogP contribution is 2.33. The smallest absolute Gasteiger partial charge is 0.358 e. The third-order valence-corrected chi connectivity index (χ3v) is 5.26. The fraction of sp³-hybridized carbons (Fsp3) is 0.217. The summed E-state index contributed by atoms with van der Waals surface area (Å²) in [6.07, 6.45) is -1.39. The van der Waals surface area contributed by atoms with Gasteiger partial charge in [0.2, 0.25) is 0 Å². The van der Waals surface area contributed by atoms with Crippen molar-refractivity contribution in [1.29, 1.82) is 0 Å². The van der Waals surface area contributed by atoms with Gasteiger partial charge in [-0.2, -0.15) is 18.3 Å². The highest BCUT2D eigenvalue weighted by atomic mass is 19.4. The lowest BCUT2D eigenvalue weighted by Gasteiger charge is -2.22. The number of nitrogens with one attached hydrogen (secondary N) is 2. The van der Waals surface area contributed by atoms with Crippen LogP contribution in [0, 0.1) is 6.92 Å². The van der Waals surface area contributed by atoms with Crippen LogP contribution in [-0.2, 0) is 11.7 Å². The molecule has 0 radical (unpaired) electrons. The fourth-order valence-electron chi connectivity index (χ4n) is 3.40. The van der Waals surface area contributed by atoms with E-state index in [0.29, 0.717) is 11.1 Å². The third-order valence-electron chi connectivity index (χ3n) is 5.26. The summed E-state index contributed by atoms with van der Waals surface area (Å²) in [5.74, 6) is -0.980. The van der Waals surface area contributed by atoms with Crippen molar-refractivity contribution in [2.75, 3.05) is 5.32 Å². The normalized spacial score (nSPS) is 12.1. The summed E-state index contributed by atoms with van der Waals surface area (Å²) in [4.78, 5) is 25.4. The number of benzene rings is 1. The predicted octanol–water partition coefficient (Wildman–Crippen LogP) is 4.57. The first-order valence-electron chi connectivity index (χ1n) is 10.2. The molecule has 4 aromatic rings. The maximum absolute atomic E-state index is 13.1. The predicted molar refractivity (Wildman–Crippen MR) is 116 cm³/mol. The number of hydrogen-bond acceptors (Lipinski definition) is 5. The van der Waals surface area contributed by atoms with Crippen LogP contribution in [0.25, 0.3) is 5.52 Å². The van der Waals surface area contributed by atoms with Gasteiger partial charge in [-0.1, -0.05) is 17.3 Å². The van der Waals surface area contributed by atoms with E-state index < -0.39 is 29.1 Å². The van der Waals surface area contributed by atoms with Gasteiger partial charge in [0.05, 0.1) is 28.4 Å². The zero-order valence-electron chi connectivity index (χ0n) is 18.4. The first-order chi connectivity index (χ1) is 16.0. The minimum Gasteiger partial charge on any atom is -0.358 e. The number of anilines is 1. The Balaban J connectivity index is 1.50. The number of aryl methyl sites for hydroxylation is 1.